The summed E-state index contributed by atoms with van der Waals surface area (Å²) in [6.45, 7) is 7.62. The molecule has 0 aliphatic carbocycles. The smallest absolute Gasteiger partial charge is 0.411 e. The predicted octanol–water partition coefficient (Wildman–Crippen LogP) is 4.04. The van der Waals surface area contributed by atoms with E-state index in [2.05, 4.69) is 24.1 Å². The Balaban J connectivity index is 0.00000361. The van der Waals surface area contributed by atoms with Gasteiger partial charge in [-0.05, 0) is 31.6 Å². The van der Waals surface area contributed by atoms with Crippen LogP contribution in [-0.2, 0) is 4.74 Å². The summed E-state index contributed by atoms with van der Waals surface area (Å²) in [6, 6.07) is 7.07. The molecule has 4 nitrogen and oxygen atoms in total. The Morgan fingerprint density at radius 2 is 1.95 bits per heavy atom. The molecule has 6 heteroatoms. The van der Waals surface area contributed by atoms with Crippen LogP contribution in [0.5, 0.6) is 0 Å². The highest BCUT2D eigenvalue weighted by Crippen LogP contribution is 2.20. The van der Waals surface area contributed by atoms with Crippen molar-refractivity contribution in [3.8, 4) is 0 Å². The maximum atomic E-state index is 11.5. The number of amides is 1. The molecule has 0 fully saturated rings. The summed E-state index contributed by atoms with van der Waals surface area (Å²) in [5.74, 6) is 0. The molecule has 114 valence electrons. The third-order valence-electron chi connectivity index (χ3n) is 2.86. The number of carbonyl (C=O) groups is 1. The minimum Gasteiger partial charge on any atom is -0.449 e. The minimum atomic E-state index is -0.465. The van der Waals surface area contributed by atoms with Crippen molar-refractivity contribution in [3.05, 3.63) is 29.3 Å². The van der Waals surface area contributed by atoms with Gasteiger partial charge in [-0.3, -0.25) is 5.32 Å². The molecule has 20 heavy (non-hydrogen) atoms. The minimum absolute atomic E-state index is 0. The van der Waals surface area contributed by atoms with Gasteiger partial charge in [0.1, 0.15) is 0 Å². The molecule has 1 amide bonds. The van der Waals surface area contributed by atoms with Gasteiger partial charge in [0.2, 0.25) is 0 Å². The van der Waals surface area contributed by atoms with Crippen molar-refractivity contribution in [2.75, 3.05) is 31.6 Å². The SMILES string of the molecule is CCN(CC)CCCOC(=O)Nc1ccccc1Cl.Cl. The van der Waals surface area contributed by atoms with Crippen LogP contribution >= 0.6 is 24.0 Å². The van der Waals surface area contributed by atoms with Crippen LogP contribution in [0.1, 0.15) is 20.3 Å². The van der Waals surface area contributed by atoms with E-state index in [0.717, 1.165) is 26.1 Å². The zero-order chi connectivity index (χ0) is 14.1. The molecule has 0 heterocycles. The fourth-order valence-electron chi connectivity index (χ4n) is 1.70. The molecule has 0 radical (unpaired) electrons. The summed E-state index contributed by atoms with van der Waals surface area (Å²) in [6.07, 6.45) is 0.366. The molecule has 0 bridgehead atoms. The van der Waals surface area contributed by atoms with Crippen LogP contribution in [0, 0.1) is 0 Å². The van der Waals surface area contributed by atoms with Gasteiger partial charge in [0.15, 0.2) is 0 Å². The summed E-state index contributed by atoms with van der Waals surface area (Å²) in [4.78, 5) is 13.8. The number of carbonyl (C=O) groups excluding carboxylic acids is 1. The number of anilines is 1. The number of nitrogens with one attached hydrogen (secondary N) is 1. The molecule has 0 aliphatic heterocycles. The molecule has 0 saturated carbocycles. The van der Waals surface area contributed by atoms with Gasteiger partial charge in [-0.1, -0.05) is 37.6 Å². The quantitative estimate of drug-likeness (QED) is 0.771. The molecule has 1 aromatic rings. The van der Waals surface area contributed by atoms with Gasteiger partial charge < -0.3 is 9.64 Å². The summed E-state index contributed by atoms with van der Waals surface area (Å²) in [5, 5.41) is 3.12. The van der Waals surface area contributed by atoms with E-state index in [1.165, 1.54) is 0 Å². The first kappa shape index (κ1) is 19.0. The third kappa shape index (κ3) is 6.98. The highest BCUT2D eigenvalue weighted by molar-refractivity contribution is 6.33. The normalized spacial score (nSPS) is 10.0. The fourth-order valence-corrected chi connectivity index (χ4v) is 1.88. The second-order valence-corrected chi connectivity index (χ2v) is 4.53. The molecule has 1 N–H and O–H groups in total. The van der Waals surface area contributed by atoms with Gasteiger partial charge in [0.25, 0.3) is 0 Å². The first-order valence-corrected chi connectivity index (χ1v) is 6.95. The Kier molecular flexibility index (Phi) is 10.3. The lowest BCUT2D eigenvalue weighted by Crippen LogP contribution is -2.25. The first-order valence-electron chi connectivity index (χ1n) is 6.58. The zero-order valence-electron chi connectivity index (χ0n) is 11.9. The van der Waals surface area contributed by atoms with Crippen LogP contribution < -0.4 is 5.32 Å². The molecule has 0 atom stereocenters. The van der Waals surface area contributed by atoms with Gasteiger partial charge in [0, 0.05) is 6.54 Å². The van der Waals surface area contributed by atoms with E-state index in [1.54, 1.807) is 12.1 Å². The molecule has 0 aromatic heterocycles. The van der Waals surface area contributed by atoms with Crippen molar-refractivity contribution in [3.63, 3.8) is 0 Å². The topological polar surface area (TPSA) is 41.6 Å². The van der Waals surface area contributed by atoms with E-state index in [9.17, 15) is 4.79 Å². The Labute approximate surface area is 131 Å². The number of para-hydroxylation sites is 1. The second-order valence-electron chi connectivity index (χ2n) is 4.12. The highest BCUT2D eigenvalue weighted by Gasteiger charge is 2.06. The van der Waals surface area contributed by atoms with Gasteiger partial charge in [-0.25, -0.2) is 4.79 Å². The predicted molar refractivity (Wildman–Crippen MR) is 86.1 cm³/mol. The number of nitrogens with zero attached hydrogens (tertiary/aromatic N) is 1. The van der Waals surface area contributed by atoms with E-state index in [0.29, 0.717) is 17.3 Å². The maximum Gasteiger partial charge on any atom is 0.411 e. The number of rotatable bonds is 7. The third-order valence-corrected chi connectivity index (χ3v) is 3.19. The van der Waals surface area contributed by atoms with Crippen LogP contribution in [-0.4, -0.2) is 37.2 Å². The largest absolute Gasteiger partial charge is 0.449 e. The number of benzene rings is 1. The molecule has 0 aliphatic rings. The summed E-state index contributed by atoms with van der Waals surface area (Å²) in [5.41, 5.74) is 0.568. The van der Waals surface area contributed by atoms with Gasteiger partial charge in [-0.15, -0.1) is 12.4 Å². The van der Waals surface area contributed by atoms with Crippen molar-refractivity contribution in [2.45, 2.75) is 20.3 Å². The highest BCUT2D eigenvalue weighted by atomic mass is 35.5. The van der Waals surface area contributed by atoms with E-state index in [4.69, 9.17) is 16.3 Å². The molecule has 1 rings (SSSR count). The maximum absolute atomic E-state index is 11.5. The van der Waals surface area contributed by atoms with Crippen LogP contribution in [0.15, 0.2) is 24.3 Å². The van der Waals surface area contributed by atoms with E-state index >= 15 is 0 Å². The molecular formula is C14H22Cl2N2O2. The average molecular weight is 321 g/mol. The van der Waals surface area contributed by atoms with E-state index < -0.39 is 6.09 Å². The lowest BCUT2D eigenvalue weighted by atomic mass is 10.3. The van der Waals surface area contributed by atoms with Crippen molar-refractivity contribution < 1.29 is 9.53 Å². The molecule has 0 saturated heterocycles. The number of halogens is 2. The Bertz CT molecular complexity index is 399. The lowest BCUT2D eigenvalue weighted by molar-refractivity contribution is 0.153. The average Bonchev–Trinajstić information content (AvgIpc) is 2.42. The fraction of sp³-hybridized carbons (Fsp3) is 0.500. The van der Waals surface area contributed by atoms with Gasteiger partial charge in [-0.2, -0.15) is 0 Å². The summed E-state index contributed by atoms with van der Waals surface area (Å²) in [7, 11) is 0. The van der Waals surface area contributed by atoms with Crippen LogP contribution in [0.25, 0.3) is 0 Å². The molecule has 0 spiro atoms. The van der Waals surface area contributed by atoms with Crippen LogP contribution in [0.2, 0.25) is 5.02 Å². The summed E-state index contributed by atoms with van der Waals surface area (Å²) < 4.78 is 5.11. The monoisotopic (exact) mass is 320 g/mol. The van der Waals surface area contributed by atoms with E-state index in [1.807, 2.05) is 12.1 Å². The van der Waals surface area contributed by atoms with Crippen molar-refractivity contribution in [1.29, 1.82) is 0 Å². The Morgan fingerprint density at radius 1 is 1.30 bits per heavy atom. The van der Waals surface area contributed by atoms with E-state index in [-0.39, 0.29) is 12.4 Å². The second kappa shape index (κ2) is 10.8. The van der Waals surface area contributed by atoms with Crippen molar-refractivity contribution in [2.24, 2.45) is 0 Å². The first-order chi connectivity index (χ1) is 9.17. The molecule has 0 unspecified atom stereocenters. The van der Waals surface area contributed by atoms with Crippen LogP contribution in [0.4, 0.5) is 10.5 Å². The van der Waals surface area contributed by atoms with Crippen molar-refractivity contribution in [1.82, 2.24) is 4.90 Å². The van der Waals surface area contributed by atoms with Crippen LogP contribution in [0.3, 0.4) is 0 Å². The zero-order valence-corrected chi connectivity index (χ0v) is 13.5. The number of ether oxygens (including phenoxy) is 1. The van der Waals surface area contributed by atoms with Gasteiger partial charge >= 0.3 is 6.09 Å². The number of hydrogen-bond acceptors (Lipinski definition) is 3. The Morgan fingerprint density at radius 3 is 2.55 bits per heavy atom. The number of hydrogen-bond donors (Lipinski definition) is 1. The molecule has 1 aromatic carbocycles. The standard InChI is InChI=1S/C14H21ClN2O2.ClH/c1-3-17(4-2)10-7-11-19-14(18)16-13-9-6-5-8-12(13)15;/h5-6,8-9H,3-4,7,10-11H2,1-2H3,(H,16,18);1H. The molecular weight excluding hydrogens is 299 g/mol. The van der Waals surface area contributed by atoms with Crippen molar-refractivity contribution >= 4 is 35.8 Å². The van der Waals surface area contributed by atoms with Gasteiger partial charge in [0.05, 0.1) is 17.3 Å². The summed E-state index contributed by atoms with van der Waals surface area (Å²) >= 11 is 5.93. The Hall–Kier alpha value is -0.970. The lowest BCUT2D eigenvalue weighted by Gasteiger charge is -2.17.